The summed E-state index contributed by atoms with van der Waals surface area (Å²) in [5.41, 5.74) is 1.86. The number of aromatic nitrogens is 2. The van der Waals surface area contributed by atoms with Crippen molar-refractivity contribution in [1.29, 1.82) is 0 Å². The maximum atomic E-state index is 11.6. The van der Waals surface area contributed by atoms with Gasteiger partial charge in [-0.3, -0.25) is 5.32 Å². The van der Waals surface area contributed by atoms with Gasteiger partial charge in [0.1, 0.15) is 0 Å². The fourth-order valence-corrected chi connectivity index (χ4v) is 1.48. The molecule has 0 unspecified atom stereocenters. The summed E-state index contributed by atoms with van der Waals surface area (Å²) in [6.45, 7) is 1.97. The predicted octanol–water partition coefficient (Wildman–Crippen LogP) is 2.37. The molecule has 1 aromatic carbocycles. The number of hydrogen-bond donors (Lipinski definition) is 2. The van der Waals surface area contributed by atoms with Gasteiger partial charge in [0.25, 0.3) is 0 Å². The van der Waals surface area contributed by atoms with Gasteiger partial charge in [-0.1, -0.05) is 12.1 Å². The summed E-state index contributed by atoms with van der Waals surface area (Å²) in [7, 11) is 1.84. The van der Waals surface area contributed by atoms with Crippen LogP contribution in [0.5, 0.6) is 0 Å². The number of benzene rings is 1. The smallest absolute Gasteiger partial charge is 0.324 e. The van der Waals surface area contributed by atoms with E-state index in [2.05, 4.69) is 15.6 Å². The Hall–Kier alpha value is -2.30. The number of hydrogen-bond acceptors (Lipinski definition) is 2. The Kier molecular flexibility index (Phi) is 3.09. The van der Waals surface area contributed by atoms with E-state index >= 15 is 0 Å². The molecule has 0 aliphatic heterocycles. The highest BCUT2D eigenvalue weighted by atomic mass is 16.2. The second kappa shape index (κ2) is 4.69. The predicted molar refractivity (Wildman–Crippen MR) is 67.0 cm³/mol. The number of urea groups is 1. The Morgan fingerprint density at radius 2 is 2.18 bits per heavy atom. The summed E-state index contributed by atoms with van der Waals surface area (Å²) in [5.74, 6) is 0.526. The molecule has 2 N–H and O–H groups in total. The van der Waals surface area contributed by atoms with E-state index < -0.39 is 0 Å². The SMILES string of the molecule is Cc1cccc(NC(=O)Nc2cn(C)cn2)c1. The zero-order chi connectivity index (χ0) is 12.3. The van der Waals surface area contributed by atoms with Gasteiger partial charge in [0, 0.05) is 18.9 Å². The van der Waals surface area contributed by atoms with Crippen LogP contribution in [-0.4, -0.2) is 15.6 Å². The van der Waals surface area contributed by atoms with Crippen molar-refractivity contribution in [1.82, 2.24) is 9.55 Å². The van der Waals surface area contributed by atoms with E-state index in [1.165, 1.54) is 0 Å². The standard InChI is InChI=1S/C12H14N4O/c1-9-4-3-5-10(6-9)14-12(17)15-11-7-16(2)8-13-11/h3-8H,1-2H3,(H2,14,15,17). The molecule has 88 valence electrons. The van der Waals surface area contributed by atoms with E-state index in [-0.39, 0.29) is 6.03 Å². The van der Waals surface area contributed by atoms with E-state index in [1.54, 1.807) is 17.1 Å². The number of amides is 2. The van der Waals surface area contributed by atoms with Crippen LogP contribution < -0.4 is 10.6 Å². The van der Waals surface area contributed by atoms with Gasteiger partial charge >= 0.3 is 6.03 Å². The topological polar surface area (TPSA) is 59.0 Å². The van der Waals surface area contributed by atoms with Crippen molar-refractivity contribution in [3.63, 3.8) is 0 Å². The van der Waals surface area contributed by atoms with Crippen LogP contribution in [0.4, 0.5) is 16.3 Å². The molecular weight excluding hydrogens is 216 g/mol. The van der Waals surface area contributed by atoms with E-state index in [9.17, 15) is 4.79 Å². The van der Waals surface area contributed by atoms with Crippen LogP contribution in [0.1, 0.15) is 5.56 Å². The molecule has 5 nitrogen and oxygen atoms in total. The molecule has 1 heterocycles. The van der Waals surface area contributed by atoms with E-state index in [0.29, 0.717) is 5.82 Å². The summed E-state index contributed by atoms with van der Waals surface area (Å²) in [5, 5.41) is 5.39. The maximum Gasteiger partial charge on any atom is 0.324 e. The number of nitrogens with zero attached hydrogens (tertiary/aromatic N) is 2. The van der Waals surface area contributed by atoms with Crippen LogP contribution in [0.25, 0.3) is 0 Å². The fraction of sp³-hybridized carbons (Fsp3) is 0.167. The highest BCUT2D eigenvalue weighted by Crippen LogP contribution is 2.10. The Morgan fingerprint density at radius 1 is 1.35 bits per heavy atom. The van der Waals surface area contributed by atoms with Gasteiger partial charge in [-0.2, -0.15) is 0 Å². The van der Waals surface area contributed by atoms with Gasteiger partial charge in [-0.25, -0.2) is 9.78 Å². The summed E-state index contributed by atoms with van der Waals surface area (Å²) < 4.78 is 1.77. The van der Waals surface area contributed by atoms with Crippen LogP contribution in [0, 0.1) is 6.92 Å². The summed E-state index contributed by atoms with van der Waals surface area (Å²) in [4.78, 5) is 15.6. The number of carbonyl (C=O) groups is 1. The molecule has 0 atom stereocenters. The third-order valence-electron chi connectivity index (χ3n) is 2.22. The van der Waals surface area contributed by atoms with Crippen LogP contribution in [0.15, 0.2) is 36.8 Å². The van der Waals surface area contributed by atoms with Crippen LogP contribution >= 0.6 is 0 Å². The molecule has 1 aromatic heterocycles. The minimum absolute atomic E-state index is 0.297. The lowest BCUT2D eigenvalue weighted by Crippen LogP contribution is -2.19. The van der Waals surface area contributed by atoms with Crippen molar-refractivity contribution >= 4 is 17.5 Å². The molecule has 0 saturated heterocycles. The lowest BCUT2D eigenvalue weighted by Gasteiger charge is -2.05. The molecule has 0 aliphatic rings. The second-order valence-electron chi connectivity index (χ2n) is 3.87. The Balaban J connectivity index is 1.98. The van der Waals surface area contributed by atoms with Gasteiger partial charge in [-0.05, 0) is 24.6 Å². The maximum absolute atomic E-state index is 11.6. The van der Waals surface area contributed by atoms with E-state index in [0.717, 1.165) is 11.3 Å². The Labute approximate surface area is 99.5 Å². The Morgan fingerprint density at radius 3 is 2.82 bits per heavy atom. The third kappa shape index (κ3) is 3.07. The molecule has 0 spiro atoms. The molecule has 2 amide bonds. The average molecular weight is 230 g/mol. The van der Waals surface area contributed by atoms with Crippen LogP contribution in [-0.2, 0) is 7.05 Å². The van der Waals surface area contributed by atoms with Crippen molar-refractivity contribution in [2.75, 3.05) is 10.6 Å². The fourth-order valence-electron chi connectivity index (χ4n) is 1.48. The van der Waals surface area contributed by atoms with Crippen LogP contribution in [0.3, 0.4) is 0 Å². The molecule has 0 saturated carbocycles. The molecule has 0 bridgehead atoms. The quantitative estimate of drug-likeness (QED) is 0.832. The second-order valence-corrected chi connectivity index (χ2v) is 3.87. The first-order valence-corrected chi connectivity index (χ1v) is 5.26. The normalized spacial score (nSPS) is 10.0. The van der Waals surface area contributed by atoms with Crippen molar-refractivity contribution in [2.24, 2.45) is 7.05 Å². The molecule has 0 fully saturated rings. The van der Waals surface area contributed by atoms with Crippen molar-refractivity contribution in [2.45, 2.75) is 6.92 Å². The van der Waals surface area contributed by atoms with E-state index in [1.807, 2.05) is 38.2 Å². The molecular formula is C12H14N4O. The molecule has 2 rings (SSSR count). The molecule has 0 radical (unpaired) electrons. The zero-order valence-electron chi connectivity index (χ0n) is 9.77. The highest BCUT2D eigenvalue weighted by molar-refractivity contribution is 5.99. The minimum Gasteiger partial charge on any atom is -0.338 e. The highest BCUT2D eigenvalue weighted by Gasteiger charge is 2.04. The van der Waals surface area contributed by atoms with Gasteiger partial charge < -0.3 is 9.88 Å². The van der Waals surface area contributed by atoms with Crippen molar-refractivity contribution in [3.05, 3.63) is 42.4 Å². The van der Waals surface area contributed by atoms with Crippen molar-refractivity contribution in [3.8, 4) is 0 Å². The number of rotatable bonds is 2. The number of imidazole rings is 1. The largest absolute Gasteiger partial charge is 0.338 e. The zero-order valence-corrected chi connectivity index (χ0v) is 9.77. The number of aryl methyl sites for hydroxylation is 2. The first-order valence-electron chi connectivity index (χ1n) is 5.26. The Bertz CT molecular complexity index is 533. The minimum atomic E-state index is -0.297. The first kappa shape index (κ1) is 11.2. The van der Waals surface area contributed by atoms with Gasteiger partial charge in [-0.15, -0.1) is 0 Å². The molecule has 0 aliphatic carbocycles. The lowest BCUT2D eigenvalue weighted by molar-refractivity contribution is 0.262. The van der Waals surface area contributed by atoms with Gasteiger partial charge in [0.2, 0.25) is 0 Å². The number of carbonyl (C=O) groups excluding carboxylic acids is 1. The van der Waals surface area contributed by atoms with Crippen molar-refractivity contribution < 1.29 is 4.79 Å². The number of anilines is 2. The molecule has 5 heteroatoms. The first-order chi connectivity index (χ1) is 8.13. The van der Waals surface area contributed by atoms with Crippen LogP contribution in [0.2, 0.25) is 0 Å². The van der Waals surface area contributed by atoms with E-state index in [4.69, 9.17) is 0 Å². The lowest BCUT2D eigenvalue weighted by atomic mass is 10.2. The van der Waals surface area contributed by atoms with Gasteiger partial charge in [0.05, 0.1) is 6.33 Å². The summed E-state index contributed by atoms with van der Waals surface area (Å²) in [6.07, 6.45) is 3.36. The average Bonchev–Trinajstić information content (AvgIpc) is 2.63. The molecule has 17 heavy (non-hydrogen) atoms. The third-order valence-corrected chi connectivity index (χ3v) is 2.22. The summed E-state index contributed by atoms with van der Waals surface area (Å²) >= 11 is 0. The molecule has 2 aromatic rings. The number of nitrogens with one attached hydrogen (secondary N) is 2. The monoisotopic (exact) mass is 230 g/mol. The summed E-state index contributed by atoms with van der Waals surface area (Å²) in [6, 6.07) is 7.31. The van der Waals surface area contributed by atoms with Gasteiger partial charge in [0.15, 0.2) is 5.82 Å².